The standard InChI is InChI=1S/C25H21F3N4O/c1-16-8-11-20(12-9-16)32-15-21(23(31-32)18-6-4-3-5-7-18)24(33)30-17(2)22-13-10-19(14-29-22)25(26,27)28/h3-15,17H,1-2H3,(H,30,33)/t17-/m1/s1. The molecule has 4 aromatic rings. The minimum absolute atomic E-state index is 0.323. The molecular formula is C25H21F3N4O. The molecular weight excluding hydrogens is 429 g/mol. The fourth-order valence-electron chi connectivity index (χ4n) is 3.36. The van der Waals surface area contributed by atoms with Crippen LogP contribution in [0.3, 0.4) is 0 Å². The second-order valence-electron chi connectivity index (χ2n) is 7.70. The number of alkyl halides is 3. The molecule has 168 valence electrons. The van der Waals surface area contributed by atoms with E-state index < -0.39 is 23.7 Å². The third kappa shape index (κ3) is 4.95. The SMILES string of the molecule is Cc1ccc(-n2cc(C(=O)N[C@H](C)c3ccc(C(F)(F)F)cn3)c(-c3ccccc3)n2)cc1. The predicted octanol–water partition coefficient (Wildman–Crippen LogP) is 5.75. The number of amides is 1. The molecule has 0 aliphatic heterocycles. The average Bonchev–Trinajstić information content (AvgIpc) is 3.25. The molecule has 0 spiro atoms. The fourth-order valence-corrected chi connectivity index (χ4v) is 3.36. The van der Waals surface area contributed by atoms with E-state index in [0.717, 1.165) is 29.1 Å². The molecule has 2 heterocycles. The Kier molecular flexibility index (Phi) is 6.00. The highest BCUT2D eigenvalue weighted by Crippen LogP contribution is 2.29. The molecule has 2 aromatic carbocycles. The van der Waals surface area contributed by atoms with E-state index in [9.17, 15) is 18.0 Å². The third-order valence-corrected chi connectivity index (χ3v) is 5.21. The van der Waals surface area contributed by atoms with Gasteiger partial charge in [0.25, 0.3) is 5.91 Å². The highest BCUT2D eigenvalue weighted by atomic mass is 19.4. The molecule has 0 saturated heterocycles. The molecule has 0 bridgehead atoms. The van der Waals surface area contributed by atoms with Gasteiger partial charge in [-0.1, -0.05) is 48.0 Å². The van der Waals surface area contributed by atoms with Gasteiger partial charge in [0.1, 0.15) is 5.69 Å². The van der Waals surface area contributed by atoms with Crippen LogP contribution in [-0.2, 0) is 6.18 Å². The Bertz CT molecular complexity index is 1250. The van der Waals surface area contributed by atoms with E-state index >= 15 is 0 Å². The molecule has 0 aliphatic carbocycles. The van der Waals surface area contributed by atoms with Gasteiger partial charge in [-0.3, -0.25) is 9.78 Å². The van der Waals surface area contributed by atoms with Gasteiger partial charge in [0.2, 0.25) is 0 Å². The molecule has 0 saturated carbocycles. The highest BCUT2D eigenvalue weighted by molar-refractivity contribution is 6.00. The van der Waals surface area contributed by atoms with Crippen LogP contribution in [0.25, 0.3) is 16.9 Å². The summed E-state index contributed by atoms with van der Waals surface area (Å²) in [7, 11) is 0. The zero-order valence-electron chi connectivity index (χ0n) is 18.0. The number of pyridine rings is 1. The number of nitrogens with one attached hydrogen (secondary N) is 1. The molecule has 4 rings (SSSR count). The number of nitrogens with zero attached hydrogens (tertiary/aromatic N) is 3. The van der Waals surface area contributed by atoms with E-state index in [1.54, 1.807) is 17.8 Å². The zero-order valence-corrected chi connectivity index (χ0v) is 18.0. The number of hydrogen-bond acceptors (Lipinski definition) is 3. The molecule has 33 heavy (non-hydrogen) atoms. The van der Waals surface area contributed by atoms with Crippen LogP contribution >= 0.6 is 0 Å². The molecule has 0 radical (unpaired) electrons. The van der Waals surface area contributed by atoms with E-state index in [1.165, 1.54) is 6.07 Å². The Hall–Kier alpha value is -3.94. The summed E-state index contributed by atoms with van der Waals surface area (Å²) >= 11 is 0. The minimum atomic E-state index is -4.47. The first-order valence-corrected chi connectivity index (χ1v) is 10.3. The first kappa shape index (κ1) is 22.3. The highest BCUT2D eigenvalue weighted by Gasteiger charge is 2.31. The second-order valence-corrected chi connectivity index (χ2v) is 7.70. The van der Waals surface area contributed by atoms with Crippen molar-refractivity contribution in [2.75, 3.05) is 0 Å². The summed E-state index contributed by atoms with van der Waals surface area (Å²) in [5.41, 5.74) is 3.01. The van der Waals surface area contributed by atoms with Crippen LogP contribution in [0.2, 0.25) is 0 Å². The molecule has 0 unspecified atom stereocenters. The van der Waals surface area contributed by atoms with Crippen molar-refractivity contribution in [2.24, 2.45) is 0 Å². The van der Waals surface area contributed by atoms with Crippen molar-refractivity contribution in [1.29, 1.82) is 0 Å². The lowest BCUT2D eigenvalue weighted by Gasteiger charge is -2.14. The zero-order chi connectivity index (χ0) is 23.6. The lowest BCUT2D eigenvalue weighted by molar-refractivity contribution is -0.137. The minimum Gasteiger partial charge on any atom is -0.344 e. The molecule has 0 aliphatic rings. The van der Waals surface area contributed by atoms with Crippen LogP contribution in [0.4, 0.5) is 13.2 Å². The number of aryl methyl sites for hydroxylation is 1. The Labute approximate surface area is 188 Å². The van der Waals surface area contributed by atoms with Crippen LogP contribution in [0.15, 0.2) is 79.1 Å². The van der Waals surface area contributed by atoms with Crippen molar-refractivity contribution in [3.63, 3.8) is 0 Å². The maximum Gasteiger partial charge on any atom is 0.417 e. The van der Waals surface area contributed by atoms with E-state index in [0.29, 0.717) is 17.0 Å². The van der Waals surface area contributed by atoms with E-state index in [2.05, 4.69) is 15.4 Å². The van der Waals surface area contributed by atoms with Gasteiger partial charge in [-0.2, -0.15) is 18.3 Å². The van der Waals surface area contributed by atoms with Gasteiger partial charge in [-0.15, -0.1) is 0 Å². The topological polar surface area (TPSA) is 59.8 Å². The Morgan fingerprint density at radius 1 is 1.00 bits per heavy atom. The van der Waals surface area contributed by atoms with Crippen molar-refractivity contribution in [2.45, 2.75) is 26.1 Å². The number of carbonyl (C=O) groups excluding carboxylic acids is 1. The number of hydrogen-bond donors (Lipinski definition) is 1. The summed E-state index contributed by atoms with van der Waals surface area (Å²) in [6.45, 7) is 3.65. The van der Waals surface area contributed by atoms with Crippen LogP contribution in [0.5, 0.6) is 0 Å². The summed E-state index contributed by atoms with van der Waals surface area (Å²) in [4.78, 5) is 17.1. The maximum absolute atomic E-state index is 13.2. The van der Waals surface area contributed by atoms with Gasteiger partial charge in [0, 0.05) is 18.0 Å². The van der Waals surface area contributed by atoms with Crippen LogP contribution in [-0.4, -0.2) is 20.7 Å². The molecule has 1 amide bonds. The van der Waals surface area contributed by atoms with E-state index in [1.807, 2.05) is 61.5 Å². The first-order chi connectivity index (χ1) is 15.7. The van der Waals surface area contributed by atoms with Crippen molar-refractivity contribution in [3.05, 3.63) is 102 Å². The maximum atomic E-state index is 13.2. The predicted molar refractivity (Wildman–Crippen MR) is 119 cm³/mol. The lowest BCUT2D eigenvalue weighted by atomic mass is 10.1. The summed E-state index contributed by atoms with van der Waals surface area (Å²) in [6, 6.07) is 18.7. The summed E-state index contributed by atoms with van der Waals surface area (Å²) in [5.74, 6) is -0.401. The van der Waals surface area contributed by atoms with Gasteiger partial charge in [0.15, 0.2) is 0 Å². The largest absolute Gasteiger partial charge is 0.417 e. The molecule has 8 heteroatoms. The van der Waals surface area contributed by atoms with Gasteiger partial charge in [-0.25, -0.2) is 4.68 Å². The Morgan fingerprint density at radius 2 is 1.70 bits per heavy atom. The number of halogens is 3. The Morgan fingerprint density at radius 3 is 2.30 bits per heavy atom. The van der Waals surface area contributed by atoms with Crippen molar-refractivity contribution in [1.82, 2.24) is 20.1 Å². The van der Waals surface area contributed by atoms with Crippen LogP contribution in [0.1, 0.15) is 40.1 Å². The van der Waals surface area contributed by atoms with Crippen molar-refractivity contribution < 1.29 is 18.0 Å². The molecule has 2 aromatic heterocycles. The van der Waals surface area contributed by atoms with Crippen LogP contribution in [0, 0.1) is 6.92 Å². The summed E-state index contributed by atoms with van der Waals surface area (Å²) in [6.07, 6.45) is -2.05. The smallest absolute Gasteiger partial charge is 0.344 e. The Balaban J connectivity index is 1.64. The number of aromatic nitrogens is 3. The van der Waals surface area contributed by atoms with Gasteiger partial charge >= 0.3 is 6.18 Å². The lowest BCUT2D eigenvalue weighted by Crippen LogP contribution is -2.27. The molecule has 1 atom stereocenters. The average molecular weight is 450 g/mol. The molecule has 5 nitrogen and oxygen atoms in total. The quantitative estimate of drug-likeness (QED) is 0.421. The fraction of sp³-hybridized carbons (Fsp3) is 0.160. The number of rotatable bonds is 5. The van der Waals surface area contributed by atoms with Crippen LogP contribution < -0.4 is 5.32 Å². The number of carbonyl (C=O) groups is 1. The van der Waals surface area contributed by atoms with Gasteiger partial charge < -0.3 is 5.32 Å². The molecule has 0 fully saturated rings. The summed E-state index contributed by atoms with van der Waals surface area (Å²) in [5, 5.41) is 7.45. The van der Waals surface area contributed by atoms with Crippen molar-refractivity contribution >= 4 is 5.91 Å². The normalized spacial score (nSPS) is 12.4. The van der Waals surface area contributed by atoms with Gasteiger partial charge in [0.05, 0.1) is 28.6 Å². The van der Waals surface area contributed by atoms with Gasteiger partial charge in [-0.05, 0) is 38.1 Å². The van der Waals surface area contributed by atoms with E-state index in [-0.39, 0.29) is 0 Å². The third-order valence-electron chi connectivity index (χ3n) is 5.21. The van der Waals surface area contributed by atoms with Crippen molar-refractivity contribution in [3.8, 4) is 16.9 Å². The monoisotopic (exact) mass is 450 g/mol. The first-order valence-electron chi connectivity index (χ1n) is 10.3. The second kappa shape index (κ2) is 8.90. The summed E-state index contributed by atoms with van der Waals surface area (Å²) < 4.78 is 40.0. The van der Waals surface area contributed by atoms with E-state index in [4.69, 9.17) is 0 Å². The number of benzene rings is 2. The molecule has 1 N–H and O–H groups in total.